The van der Waals surface area contributed by atoms with Crippen LogP contribution in [0.25, 0.3) is 16.9 Å². The van der Waals surface area contributed by atoms with Crippen molar-refractivity contribution in [3.05, 3.63) is 66.6 Å². The fourth-order valence-corrected chi connectivity index (χ4v) is 3.03. The minimum absolute atomic E-state index is 0.0435. The zero-order valence-electron chi connectivity index (χ0n) is 15.8. The number of imidazole rings is 1. The van der Waals surface area contributed by atoms with Crippen LogP contribution in [0.2, 0.25) is 0 Å². The molecule has 0 bridgehead atoms. The van der Waals surface area contributed by atoms with Crippen molar-refractivity contribution in [3.63, 3.8) is 0 Å². The molecule has 0 spiro atoms. The minimum atomic E-state index is -0.417. The zero-order chi connectivity index (χ0) is 20.4. The Morgan fingerprint density at radius 3 is 2.83 bits per heavy atom. The Bertz CT molecular complexity index is 1200. The smallest absolute Gasteiger partial charge is 0.337 e. The Labute approximate surface area is 166 Å². The lowest BCUT2D eigenvalue weighted by atomic mass is 10.1. The molecular formula is C21H18N4O4. The number of carbonyl (C=O) groups excluding carboxylic acids is 1. The molecule has 0 saturated carbocycles. The van der Waals surface area contributed by atoms with Crippen LogP contribution in [-0.4, -0.2) is 39.7 Å². The number of benzene rings is 2. The summed E-state index contributed by atoms with van der Waals surface area (Å²) in [6.45, 7) is 0. The first-order valence-corrected chi connectivity index (χ1v) is 8.75. The molecule has 0 radical (unpaired) electrons. The van der Waals surface area contributed by atoms with Gasteiger partial charge in [0.1, 0.15) is 11.5 Å². The third-order valence-electron chi connectivity index (χ3n) is 4.43. The second kappa shape index (κ2) is 7.51. The molecule has 2 N–H and O–H groups in total. The summed E-state index contributed by atoms with van der Waals surface area (Å²) >= 11 is 0. The van der Waals surface area contributed by atoms with Gasteiger partial charge in [0.05, 0.1) is 26.0 Å². The summed E-state index contributed by atoms with van der Waals surface area (Å²) in [6.07, 6.45) is 5.10. The fourth-order valence-electron chi connectivity index (χ4n) is 3.03. The van der Waals surface area contributed by atoms with Gasteiger partial charge in [0.25, 0.3) is 0 Å². The quantitative estimate of drug-likeness (QED) is 0.502. The van der Waals surface area contributed by atoms with E-state index in [1.165, 1.54) is 14.2 Å². The summed E-state index contributed by atoms with van der Waals surface area (Å²) in [5.41, 5.74) is 3.15. The number of hydrogen-bond donors (Lipinski definition) is 2. The van der Waals surface area contributed by atoms with Gasteiger partial charge in [0.2, 0.25) is 0 Å². The number of esters is 1. The van der Waals surface area contributed by atoms with Crippen LogP contribution in [-0.2, 0) is 4.74 Å². The van der Waals surface area contributed by atoms with Crippen molar-refractivity contribution >= 4 is 23.1 Å². The van der Waals surface area contributed by atoms with Gasteiger partial charge in [0, 0.05) is 23.6 Å². The molecule has 0 aliphatic rings. The van der Waals surface area contributed by atoms with Crippen molar-refractivity contribution in [1.29, 1.82) is 0 Å². The van der Waals surface area contributed by atoms with Gasteiger partial charge in [0.15, 0.2) is 17.1 Å². The first-order chi connectivity index (χ1) is 14.1. The zero-order valence-corrected chi connectivity index (χ0v) is 15.8. The number of phenols is 1. The van der Waals surface area contributed by atoms with Gasteiger partial charge in [-0.25, -0.2) is 9.78 Å². The average Bonchev–Trinajstić information content (AvgIpc) is 3.12. The van der Waals surface area contributed by atoms with Crippen LogP contribution < -0.4 is 10.1 Å². The minimum Gasteiger partial charge on any atom is -0.504 e. The largest absolute Gasteiger partial charge is 0.504 e. The van der Waals surface area contributed by atoms with Gasteiger partial charge in [-0.2, -0.15) is 0 Å². The van der Waals surface area contributed by atoms with E-state index in [0.29, 0.717) is 34.2 Å². The van der Waals surface area contributed by atoms with Gasteiger partial charge in [-0.15, -0.1) is 0 Å². The Hall–Kier alpha value is -4.07. The first-order valence-electron chi connectivity index (χ1n) is 8.75. The van der Waals surface area contributed by atoms with Crippen LogP contribution in [0.5, 0.6) is 11.5 Å². The van der Waals surface area contributed by atoms with Crippen LogP contribution in [0.1, 0.15) is 10.4 Å². The number of hydrogen-bond acceptors (Lipinski definition) is 7. The lowest BCUT2D eigenvalue weighted by molar-refractivity contribution is 0.0601. The van der Waals surface area contributed by atoms with E-state index in [-0.39, 0.29) is 5.75 Å². The molecule has 0 fully saturated rings. The summed E-state index contributed by atoms with van der Waals surface area (Å²) in [5, 5.41) is 13.2. The number of methoxy groups -OCH3 is 2. The van der Waals surface area contributed by atoms with Crippen LogP contribution in [0.4, 0.5) is 11.5 Å². The summed E-state index contributed by atoms with van der Waals surface area (Å²) in [6, 6.07) is 12.0. The van der Waals surface area contributed by atoms with E-state index in [0.717, 1.165) is 5.56 Å². The molecule has 2 heterocycles. The topological polar surface area (TPSA) is 98.0 Å². The maximum absolute atomic E-state index is 11.9. The van der Waals surface area contributed by atoms with Crippen molar-refractivity contribution in [2.24, 2.45) is 0 Å². The second-order valence-electron chi connectivity index (χ2n) is 6.20. The molecule has 146 valence electrons. The van der Waals surface area contributed by atoms with Gasteiger partial charge in [-0.1, -0.05) is 6.07 Å². The van der Waals surface area contributed by atoms with Crippen LogP contribution >= 0.6 is 0 Å². The molecular weight excluding hydrogens is 372 g/mol. The molecule has 4 aromatic rings. The first kappa shape index (κ1) is 18.3. The highest BCUT2D eigenvalue weighted by Gasteiger charge is 2.17. The molecule has 0 aliphatic carbocycles. The summed E-state index contributed by atoms with van der Waals surface area (Å²) < 4.78 is 11.9. The number of ether oxygens (including phenoxy) is 2. The lowest BCUT2D eigenvalue weighted by Gasteiger charge is -2.11. The van der Waals surface area contributed by atoms with E-state index in [2.05, 4.69) is 15.3 Å². The van der Waals surface area contributed by atoms with Crippen molar-refractivity contribution in [3.8, 4) is 22.8 Å². The van der Waals surface area contributed by atoms with Gasteiger partial charge >= 0.3 is 5.97 Å². The van der Waals surface area contributed by atoms with Crippen molar-refractivity contribution < 1.29 is 19.4 Å². The predicted octanol–water partition coefficient (Wildman–Crippen LogP) is 3.64. The van der Waals surface area contributed by atoms with E-state index in [9.17, 15) is 9.90 Å². The molecule has 8 heteroatoms. The molecule has 0 unspecified atom stereocenters. The van der Waals surface area contributed by atoms with Crippen LogP contribution in [0.3, 0.4) is 0 Å². The molecule has 0 amide bonds. The number of nitrogens with zero attached hydrogens (tertiary/aromatic N) is 3. The molecule has 29 heavy (non-hydrogen) atoms. The number of aromatic nitrogens is 3. The van der Waals surface area contributed by atoms with Crippen LogP contribution in [0.15, 0.2) is 61.1 Å². The fraction of sp³-hybridized carbons (Fsp3) is 0.0952. The predicted molar refractivity (Wildman–Crippen MR) is 108 cm³/mol. The van der Waals surface area contributed by atoms with Gasteiger partial charge < -0.3 is 19.9 Å². The normalized spacial score (nSPS) is 10.7. The molecule has 8 nitrogen and oxygen atoms in total. The average molecular weight is 390 g/mol. The molecule has 2 aromatic heterocycles. The number of anilines is 2. The Balaban J connectivity index is 1.84. The third-order valence-corrected chi connectivity index (χ3v) is 4.43. The number of carbonyl (C=O) groups is 1. The Kier molecular flexibility index (Phi) is 4.74. The Morgan fingerprint density at radius 1 is 1.17 bits per heavy atom. The molecule has 0 saturated heterocycles. The number of nitrogens with one attached hydrogen (secondary N) is 1. The number of aromatic hydroxyl groups is 1. The Morgan fingerprint density at radius 2 is 2.03 bits per heavy atom. The van der Waals surface area contributed by atoms with Crippen molar-refractivity contribution in [1.82, 2.24) is 14.4 Å². The standard InChI is InChI=1S/C21H18N4O4/c1-28-17-11-13(6-7-16(17)26)19-20(25-9-8-22-12-18(25)24-19)23-15-5-3-4-14(10-15)21(27)29-2/h3-12,23,26H,1-2H3. The summed E-state index contributed by atoms with van der Waals surface area (Å²) in [5.74, 6) is 0.648. The second-order valence-corrected chi connectivity index (χ2v) is 6.20. The van der Waals surface area contributed by atoms with E-state index in [4.69, 9.17) is 9.47 Å². The maximum Gasteiger partial charge on any atom is 0.337 e. The molecule has 4 rings (SSSR count). The molecule has 2 aromatic carbocycles. The van der Waals surface area contributed by atoms with Crippen molar-refractivity contribution in [2.45, 2.75) is 0 Å². The third kappa shape index (κ3) is 3.43. The number of phenolic OH excluding ortho intramolecular Hbond substituents is 1. The molecule has 0 aliphatic heterocycles. The highest BCUT2D eigenvalue weighted by Crippen LogP contribution is 2.36. The number of fused-ring (bicyclic) bond motifs is 1. The number of rotatable bonds is 5. The van der Waals surface area contributed by atoms with E-state index < -0.39 is 5.97 Å². The maximum atomic E-state index is 11.9. The van der Waals surface area contributed by atoms with Gasteiger partial charge in [-0.05, 0) is 36.4 Å². The highest BCUT2D eigenvalue weighted by molar-refractivity contribution is 5.91. The highest BCUT2D eigenvalue weighted by atomic mass is 16.5. The SMILES string of the molecule is COC(=O)c1cccc(Nc2c(-c3ccc(O)c(OC)c3)nc3cnccn23)c1. The monoisotopic (exact) mass is 390 g/mol. The molecule has 0 atom stereocenters. The van der Waals surface area contributed by atoms with E-state index in [1.807, 2.05) is 10.5 Å². The van der Waals surface area contributed by atoms with E-state index >= 15 is 0 Å². The summed E-state index contributed by atoms with van der Waals surface area (Å²) in [7, 11) is 2.83. The van der Waals surface area contributed by atoms with E-state index in [1.54, 1.807) is 55.0 Å². The van der Waals surface area contributed by atoms with Crippen LogP contribution in [0, 0.1) is 0 Å². The van der Waals surface area contributed by atoms with Crippen molar-refractivity contribution in [2.75, 3.05) is 19.5 Å². The van der Waals surface area contributed by atoms with Gasteiger partial charge in [-0.3, -0.25) is 9.38 Å². The lowest BCUT2D eigenvalue weighted by Crippen LogP contribution is -2.03. The summed E-state index contributed by atoms with van der Waals surface area (Å²) in [4.78, 5) is 20.7.